The number of nitrogens with zero attached hydrogens (tertiary/aromatic N) is 1. The Morgan fingerprint density at radius 1 is 1.53 bits per heavy atom. The van der Waals surface area contributed by atoms with Crippen LogP contribution in [0.2, 0.25) is 0 Å². The molecule has 17 heavy (non-hydrogen) atoms. The topological polar surface area (TPSA) is 59.0 Å². The number of aliphatic carboxylic acids is 1. The van der Waals surface area contributed by atoms with Gasteiger partial charge in [0.1, 0.15) is 5.41 Å². The Hall–Kier alpha value is -0.650. The van der Waals surface area contributed by atoms with Crippen LogP contribution in [0.5, 0.6) is 0 Å². The minimum atomic E-state index is -0.729. The lowest BCUT2D eigenvalue weighted by atomic mass is 9.86. The Morgan fingerprint density at radius 3 is 3.00 bits per heavy atom. The molecular formula is C12H21NO4. The summed E-state index contributed by atoms with van der Waals surface area (Å²) in [5.74, 6) is -0.729. The number of hydrogen-bond donors (Lipinski definition) is 1. The van der Waals surface area contributed by atoms with E-state index in [1.165, 1.54) is 0 Å². The predicted octanol–water partition coefficient (Wildman–Crippen LogP) is 0.589. The lowest BCUT2D eigenvalue weighted by Gasteiger charge is -2.30. The standard InChI is InChI=1S/C12H21NO4/c1-10-7-13(4-2-5-17-10)8-12(11(14)15)3-6-16-9-12/h10H,2-9H2,1H3,(H,14,15). The maximum Gasteiger partial charge on any atom is 0.313 e. The highest BCUT2D eigenvalue weighted by Gasteiger charge is 2.44. The molecule has 0 aromatic carbocycles. The molecule has 2 unspecified atom stereocenters. The first-order valence-corrected chi connectivity index (χ1v) is 6.27. The highest BCUT2D eigenvalue weighted by Crippen LogP contribution is 2.30. The molecule has 0 amide bonds. The number of carboxylic acid groups (broad SMARTS) is 1. The summed E-state index contributed by atoms with van der Waals surface area (Å²) in [6, 6.07) is 0. The van der Waals surface area contributed by atoms with E-state index in [1.54, 1.807) is 0 Å². The normalized spacial score (nSPS) is 35.7. The SMILES string of the molecule is CC1CN(CC2(C(=O)O)CCOC2)CCCO1. The van der Waals surface area contributed by atoms with Crippen LogP contribution in [0.25, 0.3) is 0 Å². The number of ether oxygens (including phenoxy) is 2. The molecule has 0 spiro atoms. The van der Waals surface area contributed by atoms with Crippen LogP contribution in [-0.2, 0) is 14.3 Å². The van der Waals surface area contributed by atoms with Gasteiger partial charge in [0.15, 0.2) is 0 Å². The van der Waals surface area contributed by atoms with E-state index in [-0.39, 0.29) is 6.10 Å². The van der Waals surface area contributed by atoms with E-state index in [1.807, 2.05) is 6.92 Å². The maximum atomic E-state index is 11.4. The number of hydrogen-bond acceptors (Lipinski definition) is 4. The van der Waals surface area contributed by atoms with E-state index in [0.717, 1.165) is 26.1 Å². The molecule has 5 heteroatoms. The van der Waals surface area contributed by atoms with Crippen LogP contribution in [0.1, 0.15) is 19.8 Å². The van der Waals surface area contributed by atoms with Crippen molar-refractivity contribution in [2.75, 3.05) is 39.5 Å². The number of carboxylic acids is 1. The highest BCUT2D eigenvalue weighted by atomic mass is 16.5. The van der Waals surface area contributed by atoms with E-state index in [0.29, 0.717) is 26.2 Å². The largest absolute Gasteiger partial charge is 0.481 e. The zero-order valence-electron chi connectivity index (χ0n) is 10.4. The van der Waals surface area contributed by atoms with Crippen molar-refractivity contribution < 1.29 is 19.4 Å². The zero-order chi connectivity index (χ0) is 12.3. The van der Waals surface area contributed by atoms with Crippen LogP contribution in [0.4, 0.5) is 0 Å². The van der Waals surface area contributed by atoms with Gasteiger partial charge in [-0.3, -0.25) is 9.69 Å². The lowest BCUT2D eigenvalue weighted by molar-refractivity contribution is -0.150. The first-order chi connectivity index (χ1) is 8.12. The van der Waals surface area contributed by atoms with Crippen molar-refractivity contribution in [3.8, 4) is 0 Å². The Kier molecular flexibility index (Phi) is 4.01. The van der Waals surface area contributed by atoms with Crippen LogP contribution in [0.15, 0.2) is 0 Å². The van der Waals surface area contributed by atoms with Crippen molar-refractivity contribution in [2.24, 2.45) is 5.41 Å². The van der Waals surface area contributed by atoms with Crippen molar-refractivity contribution >= 4 is 5.97 Å². The van der Waals surface area contributed by atoms with E-state index in [2.05, 4.69) is 4.90 Å². The first-order valence-electron chi connectivity index (χ1n) is 6.27. The van der Waals surface area contributed by atoms with Crippen LogP contribution < -0.4 is 0 Å². The Labute approximate surface area is 102 Å². The van der Waals surface area contributed by atoms with Crippen LogP contribution in [0, 0.1) is 5.41 Å². The highest BCUT2D eigenvalue weighted by molar-refractivity contribution is 5.75. The minimum Gasteiger partial charge on any atom is -0.481 e. The third kappa shape index (κ3) is 2.97. The van der Waals surface area contributed by atoms with Gasteiger partial charge in [-0.15, -0.1) is 0 Å². The molecule has 2 heterocycles. The molecule has 2 saturated heterocycles. The van der Waals surface area contributed by atoms with Crippen LogP contribution in [0.3, 0.4) is 0 Å². The van der Waals surface area contributed by atoms with E-state index in [9.17, 15) is 9.90 Å². The number of carbonyl (C=O) groups is 1. The summed E-state index contributed by atoms with van der Waals surface area (Å²) in [5.41, 5.74) is -0.704. The summed E-state index contributed by atoms with van der Waals surface area (Å²) in [5, 5.41) is 9.39. The summed E-state index contributed by atoms with van der Waals surface area (Å²) in [6.45, 7) is 6.02. The Balaban J connectivity index is 1.99. The van der Waals surface area contributed by atoms with Crippen LogP contribution >= 0.6 is 0 Å². The van der Waals surface area contributed by atoms with Gasteiger partial charge in [-0.1, -0.05) is 0 Å². The summed E-state index contributed by atoms with van der Waals surface area (Å²) in [6.07, 6.45) is 1.78. The maximum absolute atomic E-state index is 11.4. The second-order valence-corrected chi connectivity index (χ2v) is 5.16. The average Bonchev–Trinajstić information content (AvgIpc) is 2.65. The third-order valence-corrected chi connectivity index (χ3v) is 3.62. The molecular weight excluding hydrogens is 222 g/mol. The molecule has 0 bridgehead atoms. The van der Waals surface area contributed by atoms with Crippen molar-refractivity contribution in [3.05, 3.63) is 0 Å². The van der Waals surface area contributed by atoms with E-state index >= 15 is 0 Å². The first kappa shape index (κ1) is 12.8. The molecule has 2 rings (SSSR count). The lowest BCUT2D eigenvalue weighted by Crippen LogP contribution is -2.45. The molecule has 2 atom stereocenters. The molecule has 2 fully saturated rings. The van der Waals surface area contributed by atoms with E-state index in [4.69, 9.17) is 9.47 Å². The third-order valence-electron chi connectivity index (χ3n) is 3.62. The number of rotatable bonds is 3. The van der Waals surface area contributed by atoms with Crippen molar-refractivity contribution in [1.29, 1.82) is 0 Å². The molecule has 0 aliphatic carbocycles. The molecule has 2 aliphatic rings. The molecule has 5 nitrogen and oxygen atoms in total. The van der Waals surface area contributed by atoms with Crippen molar-refractivity contribution in [2.45, 2.75) is 25.9 Å². The second kappa shape index (κ2) is 5.33. The summed E-state index contributed by atoms with van der Waals surface area (Å²) < 4.78 is 10.9. The smallest absolute Gasteiger partial charge is 0.313 e. The van der Waals surface area contributed by atoms with Gasteiger partial charge in [0.05, 0.1) is 12.7 Å². The minimum absolute atomic E-state index is 0.186. The monoisotopic (exact) mass is 243 g/mol. The molecule has 2 aliphatic heterocycles. The van der Waals surface area contributed by atoms with E-state index < -0.39 is 11.4 Å². The zero-order valence-corrected chi connectivity index (χ0v) is 10.4. The molecule has 0 radical (unpaired) electrons. The fourth-order valence-electron chi connectivity index (χ4n) is 2.62. The molecule has 0 saturated carbocycles. The summed E-state index contributed by atoms with van der Waals surface area (Å²) in [7, 11) is 0. The molecule has 1 N–H and O–H groups in total. The van der Waals surface area contributed by atoms with Gasteiger partial charge >= 0.3 is 5.97 Å². The summed E-state index contributed by atoms with van der Waals surface area (Å²) in [4.78, 5) is 13.6. The molecule has 0 aromatic heterocycles. The van der Waals surface area contributed by atoms with Gasteiger partial charge in [0.2, 0.25) is 0 Å². The second-order valence-electron chi connectivity index (χ2n) is 5.16. The van der Waals surface area contributed by atoms with Gasteiger partial charge in [-0.2, -0.15) is 0 Å². The quantitative estimate of drug-likeness (QED) is 0.786. The molecule has 0 aromatic rings. The Morgan fingerprint density at radius 2 is 2.35 bits per heavy atom. The fourth-order valence-corrected chi connectivity index (χ4v) is 2.62. The predicted molar refractivity (Wildman–Crippen MR) is 62.0 cm³/mol. The fraction of sp³-hybridized carbons (Fsp3) is 0.917. The Bertz CT molecular complexity index is 276. The van der Waals surface area contributed by atoms with Gasteiger partial charge in [0.25, 0.3) is 0 Å². The summed E-state index contributed by atoms with van der Waals surface area (Å²) >= 11 is 0. The van der Waals surface area contributed by atoms with Gasteiger partial charge < -0.3 is 14.6 Å². The van der Waals surface area contributed by atoms with Crippen LogP contribution in [-0.4, -0.2) is 61.5 Å². The average molecular weight is 243 g/mol. The van der Waals surface area contributed by atoms with Gasteiger partial charge in [0, 0.05) is 32.8 Å². The van der Waals surface area contributed by atoms with Crippen molar-refractivity contribution in [3.63, 3.8) is 0 Å². The molecule has 98 valence electrons. The van der Waals surface area contributed by atoms with Crippen molar-refractivity contribution in [1.82, 2.24) is 4.90 Å². The van der Waals surface area contributed by atoms with Gasteiger partial charge in [-0.25, -0.2) is 0 Å². The van der Waals surface area contributed by atoms with Gasteiger partial charge in [-0.05, 0) is 19.8 Å².